The van der Waals surface area contributed by atoms with Gasteiger partial charge in [-0.25, -0.2) is 4.99 Å². The highest BCUT2D eigenvalue weighted by Crippen LogP contribution is 2.34. The van der Waals surface area contributed by atoms with E-state index in [1.54, 1.807) is 11.3 Å². The van der Waals surface area contributed by atoms with E-state index in [0.29, 0.717) is 11.8 Å². The number of rotatable bonds is 5. The van der Waals surface area contributed by atoms with E-state index in [2.05, 4.69) is 67.2 Å². The van der Waals surface area contributed by atoms with Crippen molar-refractivity contribution in [3.63, 3.8) is 0 Å². The molecule has 1 amide bonds. The molecule has 156 valence electrons. The maximum atomic E-state index is 11.7. The quantitative estimate of drug-likeness (QED) is 0.570. The molecule has 0 saturated heterocycles. The first-order valence-electron chi connectivity index (χ1n) is 10.4. The highest BCUT2D eigenvalue weighted by molar-refractivity contribution is 7.07. The molecule has 2 aromatic carbocycles. The predicted molar refractivity (Wildman–Crippen MR) is 123 cm³/mol. The molecule has 1 aromatic heterocycles. The average Bonchev–Trinajstić information content (AvgIpc) is 3.14. The SMILES string of the molecule is CCCC(C)n1c(-c2ccc3c(c2)NC(=O)CO3)csc1=Nc1cccc(C)c1C. The molecule has 6 heteroatoms. The number of carbonyl (C=O) groups is 1. The van der Waals surface area contributed by atoms with Crippen LogP contribution in [0.2, 0.25) is 0 Å². The van der Waals surface area contributed by atoms with Gasteiger partial charge in [0, 0.05) is 17.0 Å². The number of nitrogens with zero attached hydrogens (tertiary/aromatic N) is 2. The number of ether oxygens (including phenoxy) is 1. The molecular weight excluding hydrogens is 394 g/mol. The van der Waals surface area contributed by atoms with Gasteiger partial charge in [-0.2, -0.15) is 0 Å². The van der Waals surface area contributed by atoms with Crippen LogP contribution in [0.15, 0.2) is 46.8 Å². The fourth-order valence-corrected chi connectivity index (χ4v) is 4.80. The second-order valence-corrected chi connectivity index (χ2v) is 8.63. The summed E-state index contributed by atoms with van der Waals surface area (Å²) in [6, 6.07) is 12.5. The second-order valence-electron chi connectivity index (χ2n) is 7.79. The maximum Gasteiger partial charge on any atom is 0.262 e. The summed E-state index contributed by atoms with van der Waals surface area (Å²) in [5, 5.41) is 5.07. The highest BCUT2D eigenvalue weighted by atomic mass is 32.1. The first kappa shape index (κ1) is 20.4. The molecule has 1 aliphatic rings. The molecule has 1 N–H and O–H groups in total. The number of fused-ring (bicyclic) bond motifs is 1. The third-order valence-corrected chi connectivity index (χ3v) is 6.43. The summed E-state index contributed by atoms with van der Waals surface area (Å²) in [5.41, 5.74) is 6.32. The topological polar surface area (TPSA) is 55.6 Å². The minimum atomic E-state index is -0.122. The van der Waals surface area contributed by atoms with E-state index in [9.17, 15) is 4.79 Å². The Morgan fingerprint density at radius 3 is 2.90 bits per heavy atom. The van der Waals surface area contributed by atoms with Crippen molar-refractivity contribution in [2.75, 3.05) is 11.9 Å². The lowest BCUT2D eigenvalue weighted by Gasteiger charge is -2.20. The average molecular weight is 422 g/mol. The summed E-state index contributed by atoms with van der Waals surface area (Å²) < 4.78 is 7.84. The number of hydrogen-bond donors (Lipinski definition) is 1. The molecule has 1 aliphatic heterocycles. The Morgan fingerprint density at radius 2 is 2.10 bits per heavy atom. The van der Waals surface area contributed by atoms with Gasteiger partial charge in [0.2, 0.25) is 0 Å². The zero-order chi connectivity index (χ0) is 21.3. The Balaban J connectivity index is 1.85. The summed E-state index contributed by atoms with van der Waals surface area (Å²) >= 11 is 1.65. The van der Waals surface area contributed by atoms with E-state index < -0.39 is 0 Å². The molecule has 0 fully saturated rings. The van der Waals surface area contributed by atoms with Gasteiger partial charge in [0.05, 0.1) is 17.1 Å². The Bertz CT molecular complexity index is 1160. The Morgan fingerprint density at radius 1 is 1.27 bits per heavy atom. The Labute approximate surface area is 181 Å². The molecule has 0 bridgehead atoms. The van der Waals surface area contributed by atoms with Crippen LogP contribution >= 0.6 is 11.3 Å². The number of nitrogens with one attached hydrogen (secondary N) is 1. The third kappa shape index (κ3) is 3.92. The number of amides is 1. The molecular formula is C24H27N3O2S. The van der Waals surface area contributed by atoms with Crippen molar-refractivity contribution in [2.45, 2.75) is 46.6 Å². The summed E-state index contributed by atoms with van der Waals surface area (Å²) in [7, 11) is 0. The molecule has 4 rings (SSSR count). The van der Waals surface area contributed by atoms with Gasteiger partial charge in [-0.3, -0.25) is 4.79 Å². The molecule has 0 aliphatic carbocycles. The number of aromatic nitrogens is 1. The van der Waals surface area contributed by atoms with E-state index in [-0.39, 0.29) is 12.5 Å². The van der Waals surface area contributed by atoms with Crippen LogP contribution in [0.5, 0.6) is 5.75 Å². The molecule has 1 unspecified atom stereocenters. The van der Waals surface area contributed by atoms with Crippen LogP contribution in [0.1, 0.15) is 43.9 Å². The first-order chi connectivity index (χ1) is 14.5. The summed E-state index contributed by atoms with van der Waals surface area (Å²) in [5.74, 6) is 0.588. The van der Waals surface area contributed by atoms with Gasteiger partial charge in [-0.05, 0) is 62.6 Å². The van der Waals surface area contributed by atoms with Crippen molar-refractivity contribution < 1.29 is 9.53 Å². The number of thiazole rings is 1. The maximum absolute atomic E-state index is 11.7. The normalized spacial score (nSPS) is 14.8. The summed E-state index contributed by atoms with van der Waals surface area (Å²) in [4.78, 5) is 17.8. The van der Waals surface area contributed by atoms with Crippen LogP contribution in [0.25, 0.3) is 11.3 Å². The molecule has 5 nitrogen and oxygen atoms in total. The molecule has 3 aromatic rings. The van der Waals surface area contributed by atoms with Gasteiger partial charge in [0.15, 0.2) is 11.4 Å². The van der Waals surface area contributed by atoms with Crippen molar-refractivity contribution in [3.8, 4) is 17.0 Å². The van der Waals surface area contributed by atoms with Gasteiger partial charge in [0.1, 0.15) is 5.75 Å². The molecule has 0 radical (unpaired) electrons. The van der Waals surface area contributed by atoms with E-state index in [1.807, 2.05) is 12.1 Å². The molecule has 0 spiro atoms. The lowest BCUT2D eigenvalue weighted by molar-refractivity contribution is -0.118. The fraction of sp³-hybridized carbons (Fsp3) is 0.333. The van der Waals surface area contributed by atoms with Gasteiger partial charge in [-0.1, -0.05) is 25.5 Å². The number of anilines is 1. The minimum Gasteiger partial charge on any atom is -0.482 e. The van der Waals surface area contributed by atoms with Crippen molar-refractivity contribution in [1.82, 2.24) is 4.57 Å². The molecule has 2 heterocycles. The molecule has 0 saturated carbocycles. The number of carbonyl (C=O) groups excluding carboxylic acids is 1. The summed E-state index contributed by atoms with van der Waals surface area (Å²) in [6.45, 7) is 8.75. The van der Waals surface area contributed by atoms with E-state index in [1.165, 1.54) is 11.1 Å². The largest absolute Gasteiger partial charge is 0.482 e. The van der Waals surface area contributed by atoms with Crippen LogP contribution in [0, 0.1) is 13.8 Å². The summed E-state index contributed by atoms with van der Waals surface area (Å²) in [6.07, 6.45) is 2.16. The van der Waals surface area contributed by atoms with Crippen molar-refractivity contribution >= 4 is 28.6 Å². The first-order valence-corrected chi connectivity index (χ1v) is 11.2. The minimum absolute atomic E-state index is 0.0667. The van der Waals surface area contributed by atoms with Crippen LogP contribution in [-0.4, -0.2) is 17.1 Å². The Kier molecular flexibility index (Phi) is 5.77. The lowest BCUT2D eigenvalue weighted by atomic mass is 10.1. The van der Waals surface area contributed by atoms with Crippen LogP contribution in [0.3, 0.4) is 0 Å². The van der Waals surface area contributed by atoms with Gasteiger partial charge < -0.3 is 14.6 Å². The van der Waals surface area contributed by atoms with Crippen molar-refractivity contribution in [3.05, 3.63) is 57.7 Å². The second kappa shape index (κ2) is 8.48. The molecule has 30 heavy (non-hydrogen) atoms. The number of aryl methyl sites for hydroxylation is 1. The lowest BCUT2D eigenvalue weighted by Crippen LogP contribution is -2.25. The molecule has 1 atom stereocenters. The van der Waals surface area contributed by atoms with Gasteiger partial charge in [-0.15, -0.1) is 11.3 Å². The van der Waals surface area contributed by atoms with Gasteiger partial charge >= 0.3 is 0 Å². The van der Waals surface area contributed by atoms with Crippen LogP contribution < -0.4 is 14.9 Å². The van der Waals surface area contributed by atoms with Crippen LogP contribution in [-0.2, 0) is 4.79 Å². The smallest absolute Gasteiger partial charge is 0.262 e. The van der Waals surface area contributed by atoms with Crippen molar-refractivity contribution in [1.29, 1.82) is 0 Å². The highest BCUT2D eigenvalue weighted by Gasteiger charge is 2.19. The predicted octanol–water partition coefficient (Wildman–Crippen LogP) is 5.76. The van der Waals surface area contributed by atoms with Crippen LogP contribution in [0.4, 0.5) is 11.4 Å². The van der Waals surface area contributed by atoms with Gasteiger partial charge in [0.25, 0.3) is 5.91 Å². The zero-order valence-corrected chi connectivity index (χ0v) is 18.7. The number of hydrogen-bond acceptors (Lipinski definition) is 4. The number of benzene rings is 2. The zero-order valence-electron chi connectivity index (χ0n) is 17.9. The fourth-order valence-electron chi connectivity index (χ4n) is 3.79. The monoisotopic (exact) mass is 421 g/mol. The standard InChI is InChI=1S/C24H27N3O2S/c1-5-7-16(3)27-21(18-10-11-22-20(12-18)25-23(28)13-29-22)14-30-24(27)26-19-9-6-8-15(2)17(19)4/h6,8-12,14,16H,5,7,13H2,1-4H3,(H,25,28). The van der Waals surface area contributed by atoms with E-state index in [4.69, 9.17) is 9.73 Å². The van der Waals surface area contributed by atoms with E-state index >= 15 is 0 Å². The van der Waals surface area contributed by atoms with Crippen molar-refractivity contribution in [2.24, 2.45) is 4.99 Å². The van der Waals surface area contributed by atoms with E-state index in [0.717, 1.165) is 40.3 Å². The third-order valence-electron chi connectivity index (χ3n) is 5.59. The Hall–Kier alpha value is -2.86.